The van der Waals surface area contributed by atoms with Gasteiger partial charge in [0.2, 0.25) is 11.8 Å². The van der Waals surface area contributed by atoms with Crippen molar-refractivity contribution in [2.75, 3.05) is 0 Å². The molecule has 10 heteroatoms. The summed E-state index contributed by atoms with van der Waals surface area (Å²) in [6.07, 6.45) is 0.359. The molecule has 0 aliphatic carbocycles. The number of halogens is 1. The molecule has 1 aliphatic rings. The SMILES string of the molecule is Cc1nc2c(C(=O)NC3CCC(=O)NC3=O)cc(Cl)cc2n1CC(=O)OC(C)(C)C. The molecule has 1 atom stereocenters. The highest BCUT2D eigenvalue weighted by Crippen LogP contribution is 2.26. The normalized spacial score (nSPS) is 17.0. The van der Waals surface area contributed by atoms with E-state index in [0.29, 0.717) is 16.9 Å². The number of esters is 1. The number of carbonyl (C=O) groups is 4. The molecule has 9 nitrogen and oxygen atoms in total. The van der Waals surface area contributed by atoms with E-state index in [9.17, 15) is 19.2 Å². The van der Waals surface area contributed by atoms with Gasteiger partial charge < -0.3 is 14.6 Å². The summed E-state index contributed by atoms with van der Waals surface area (Å²) in [6, 6.07) is 2.24. The second-order valence-electron chi connectivity index (χ2n) is 8.13. The largest absolute Gasteiger partial charge is 0.459 e. The van der Waals surface area contributed by atoms with E-state index in [-0.39, 0.29) is 35.9 Å². The van der Waals surface area contributed by atoms with Crippen LogP contribution < -0.4 is 10.6 Å². The number of aromatic nitrogens is 2. The number of hydrogen-bond donors (Lipinski definition) is 2. The molecule has 2 aromatic rings. The molecule has 1 fully saturated rings. The van der Waals surface area contributed by atoms with Gasteiger partial charge in [0.05, 0.1) is 11.1 Å². The summed E-state index contributed by atoms with van der Waals surface area (Å²) in [6.45, 7) is 6.95. The lowest BCUT2D eigenvalue weighted by molar-refractivity contribution is -0.155. The zero-order valence-corrected chi connectivity index (χ0v) is 17.9. The number of piperidine rings is 1. The van der Waals surface area contributed by atoms with Crippen LogP contribution in [0.5, 0.6) is 0 Å². The number of imidazole rings is 1. The van der Waals surface area contributed by atoms with E-state index in [2.05, 4.69) is 15.6 Å². The van der Waals surface area contributed by atoms with Gasteiger partial charge in [-0.05, 0) is 46.2 Å². The Balaban J connectivity index is 1.91. The van der Waals surface area contributed by atoms with Crippen LogP contribution >= 0.6 is 11.6 Å². The number of nitrogens with zero attached hydrogens (tertiary/aromatic N) is 2. The van der Waals surface area contributed by atoms with Crippen LogP contribution in [0.25, 0.3) is 11.0 Å². The molecular weight excluding hydrogens is 412 g/mol. The van der Waals surface area contributed by atoms with Crippen molar-refractivity contribution in [3.05, 3.63) is 28.5 Å². The van der Waals surface area contributed by atoms with Gasteiger partial charge >= 0.3 is 5.97 Å². The van der Waals surface area contributed by atoms with Crippen molar-refractivity contribution in [3.63, 3.8) is 0 Å². The van der Waals surface area contributed by atoms with Crippen LogP contribution in [-0.4, -0.2) is 44.9 Å². The van der Waals surface area contributed by atoms with Crippen molar-refractivity contribution in [1.82, 2.24) is 20.2 Å². The third-order valence-electron chi connectivity index (χ3n) is 4.51. The fraction of sp³-hybridized carbons (Fsp3) is 0.450. The number of carbonyl (C=O) groups excluding carboxylic acids is 4. The fourth-order valence-corrected chi connectivity index (χ4v) is 3.46. The molecule has 1 aromatic carbocycles. The smallest absolute Gasteiger partial charge is 0.326 e. The highest BCUT2D eigenvalue weighted by molar-refractivity contribution is 6.32. The molecule has 0 bridgehead atoms. The maximum absolute atomic E-state index is 12.9. The van der Waals surface area contributed by atoms with Crippen LogP contribution in [0.1, 0.15) is 49.8 Å². The standard InChI is InChI=1S/C20H23ClN4O5/c1-10-22-17-12(18(28)23-13-5-6-15(26)24-19(13)29)7-11(21)8-14(17)25(10)9-16(27)30-20(2,3)4/h7-8,13H,5-6,9H2,1-4H3,(H,23,28)(H,24,26,29). The first kappa shape index (κ1) is 21.8. The molecule has 2 N–H and O–H groups in total. The van der Waals surface area contributed by atoms with Crippen molar-refractivity contribution in [2.45, 2.75) is 58.7 Å². The minimum absolute atomic E-state index is 0.0891. The number of imide groups is 1. The Morgan fingerprint density at radius 1 is 1.33 bits per heavy atom. The first-order valence-electron chi connectivity index (χ1n) is 9.47. The van der Waals surface area contributed by atoms with Gasteiger partial charge in [-0.2, -0.15) is 0 Å². The fourth-order valence-electron chi connectivity index (χ4n) is 3.25. The number of benzene rings is 1. The Morgan fingerprint density at radius 2 is 2.03 bits per heavy atom. The van der Waals surface area contributed by atoms with Crippen LogP contribution in [0.2, 0.25) is 5.02 Å². The summed E-state index contributed by atoms with van der Waals surface area (Å²) >= 11 is 6.22. The molecule has 160 valence electrons. The third-order valence-corrected chi connectivity index (χ3v) is 4.72. The molecule has 0 saturated carbocycles. The Labute approximate surface area is 178 Å². The average Bonchev–Trinajstić information content (AvgIpc) is 2.90. The first-order valence-corrected chi connectivity index (χ1v) is 9.85. The molecule has 1 aromatic heterocycles. The Bertz CT molecular complexity index is 1050. The van der Waals surface area contributed by atoms with Crippen molar-refractivity contribution in [2.24, 2.45) is 0 Å². The lowest BCUT2D eigenvalue weighted by atomic mass is 10.1. The van der Waals surface area contributed by atoms with E-state index in [4.69, 9.17) is 16.3 Å². The predicted molar refractivity (Wildman–Crippen MR) is 109 cm³/mol. The van der Waals surface area contributed by atoms with Crippen LogP contribution in [0, 0.1) is 6.92 Å². The number of amides is 3. The van der Waals surface area contributed by atoms with Crippen LogP contribution in [0.3, 0.4) is 0 Å². The number of aryl methyl sites for hydroxylation is 1. The molecule has 1 aliphatic heterocycles. The summed E-state index contributed by atoms with van der Waals surface area (Å²) < 4.78 is 7.00. The zero-order chi connectivity index (χ0) is 22.2. The molecule has 1 saturated heterocycles. The molecule has 0 radical (unpaired) electrons. The van der Waals surface area contributed by atoms with Crippen molar-refractivity contribution in [1.29, 1.82) is 0 Å². The topological polar surface area (TPSA) is 119 Å². The Morgan fingerprint density at radius 3 is 2.67 bits per heavy atom. The summed E-state index contributed by atoms with van der Waals surface area (Å²) in [4.78, 5) is 52.8. The molecular formula is C20H23ClN4O5. The minimum Gasteiger partial charge on any atom is -0.459 e. The summed E-state index contributed by atoms with van der Waals surface area (Å²) in [5.74, 6) is -1.40. The van der Waals surface area contributed by atoms with Gasteiger partial charge in [-0.1, -0.05) is 11.6 Å². The molecule has 2 heterocycles. The Hall–Kier alpha value is -2.94. The predicted octanol–water partition coefficient (Wildman–Crippen LogP) is 1.87. The summed E-state index contributed by atoms with van der Waals surface area (Å²) in [5, 5.41) is 5.10. The number of fused-ring (bicyclic) bond motifs is 1. The van der Waals surface area contributed by atoms with E-state index in [1.165, 1.54) is 6.07 Å². The van der Waals surface area contributed by atoms with E-state index < -0.39 is 29.4 Å². The minimum atomic E-state index is -0.825. The number of rotatable bonds is 4. The van der Waals surface area contributed by atoms with Crippen LogP contribution in [0.4, 0.5) is 0 Å². The van der Waals surface area contributed by atoms with Gasteiger partial charge in [0.1, 0.15) is 29.5 Å². The average molecular weight is 435 g/mol. The quantitative estimate of drug-likeness (QED) is 0.560. The van der Waals surface area contributed by atoms with Gasteiger partial charge in [0.25, 0.3) is 5.91 Å². The van der Waals surface area contributed by atoms with E-state index in [1.807, 2.05) is 0 Å². The number of ether oxygens (including phenoxy) is 1. The highest BCUT2D eigenvalue weighted by Gasteiger charge is 2.29. The molecule has 0 spiro atoms. The van der Waals surface area contributed by atoms with E-state index in [1.54, 1.807) is 38.3 Å². The van der Waals surface area contributed by atoms with Crippen molar-refractivity contribution >= 4 is 46.3 Å². The van der Waals surface area contributed by atoms with Crippen LogP contribution in [0.15, 0.2) is 12.1 Å². The summed E-state index contributed by atoms with van der Waals surface area (Å²) in [7, 11) is 0. The van der Waals surface area contributed by atoms with Crippen molar-refractivity contribution in [3.8, 4) is 0 Å². The second-order valence-corrected chi connectivity index (χ2v) is 8.57. The maximum Gasteiger partial charge on any atom is 0.326 e. The monoisotopic (exact) mass is 434 g/mol. The van der Waals surface area contributed by atoms with Gasteiger partial charge in [0, 0.05) is 11.4 Å². The highest BCUT2D eigenvalue weighted by atomic mass is 35.5. The molecule has 3 rings (SSSR count). The van der Waals surface area contributed by atoms with E-state index >= 15 is 0 Å². The lowest BCUT2D eigenvalue weighted by Gasteiger charge is -2.22. The molecule has 1 unspecified atom stereocenters. The zero-order valence-electron chi connectivity index (χ0n) is 17.2. The summed E-state index contributed by atoms with van der Waals surface area (Å²) in [5.41, 5.74) is 0.393. The molecule has 3 amide bonds. The molecule has 30 heavy (non-hydrogen) atoms. The van der Waals surface area contributed by atoms with Gasteiger partial charge in [-0.15, -0.1) is 0 Å². The number of hydrogen-bond acceptors (Lipinski definition) is 6. The lowest BCUT2D eigenvalue weighted by Crippen LogP contribution is -2.52. The van der Waals surface area contributed by atoms with Gasteiger partial charge in [-0.3, -0.25) is 24.5 Å². The van der Waals surface area contributed by atoms with Gasteiger partial charge in [0.15, 0.2) is 0 Å². The van der Waals surface area contributed by atoms with Gasteiger partial charge in [-0.25, -0.2) is 4.98 Å². The van der Waals surface area contributed by atoms with Crippen LogP contribution in [-0.2, 0) is 25.7 Å². The first-order chi connectivity index (χ1) is 13.9. The second kappa shape index (κ2) is 8.06. The third kappa shape index (κ3) is 4.79. The van der Waals surface area contributed by atoms with Crippen molar-refractivity contribution < 1.29 is 23.9 Å². The Kier molecular flexibility index (Phi) is 5.85. The maximum atomic E-state index is 12.9. The number of nitrogens with one attached hydrogen (secondary N) is 2. The van der Waals surface area contributed by atoms with E-state index in [0.717, 1.165) is 0 Å².